The Kier molecular flexibility index (Phi) is 5.22. The van der Waals surface area contributed by atoms with Crippen molar-refractivity contribution in [2.45, 2.75) is 58.0 Å². The van der Waals surface area contributed by atoms with E-state index in [0.29, 0.717) is 18.6 Å². The number of carbonyl (C=O) groups is 1. The summed E-state index contributed by atoms with van der Waals surface area (Å²) in [5.41, 5.74) is 0.516. The van der Waals surface area contributed by atoms with E-state index in [1.807, 2.05) is 0 Å². The van der Waals surface area contributed by atoms with Crippen molar-refractivity contribution in [3.05, 3.63) is 0 Å². The Balaban J connectivity index is 1.73. The lowest BCUT2D eigenvalue weighted by molar-refractivity contribution is -0.145. The predicted octanol–water partition coefficient (Wildman–Crippen LogP) is 1.96. The zero-order valence-corrected chi connectivity index (χ0v) is 12.1. The zero-order valence-electron chi connectivity index (χ0n) is 12.1. The molecule has 0 aromatic carbocycles. The van der Waals surface area contributed by atoms with Crippen LogP contribution in [0.1, 0.15) is 51.9 Å². The Bertz CT molecular complexity index is 300. The molecule has 1 saturated heterocycles. The third-order valence-electron chi connectivity index (χ3n) is 4.61. The highest BCUT2D eigenvalue weighted by molar-refractivity contribution is 5.69. The molecule has 1 unspecified atom stereocenters. The topological polar surface area (TPSA) is 49.8 Å². The maximum Gasteiger partial charge on any atom is 0.308 e. The van der Waals surface area contributed by atoms with Crippen LogP contribution in [0.5, 0.6) is 0 Å². The number of hydrogen-bond donors (Lipinski definition) is 1. The Labute approximate surface area is 116 Å². The van der Waals surface area contributed by atoms with Crippen molar-refractivity contribution >= 4 is 5.97 Å². The van der Waals surface area contributed by atoms with Crippen LogP contribution in [-0.4, -0.2) is 48.3 Å². The van der Waals surface area contributed by atoms with Crippen molar-refractivity contribution in [2.75, 3.05) is 26.2 Å². The number of esters is 1. The fraction of sp³-hybridized carbons (Fsp3) is 0.933. The van der Waals surface area contributed by atoms with Crippen LogP contribution in [0.2, 0.25) is 0 Å². The average molecular weight is 269 g/mol. The maximum absolute atomic E-state index is 11.3. The molecule has 0 bridgehead atoms. The summed E-state index contributed by atoms with van der Waals surface area (Å²) in [6.07, 6.45) is 7.59. The molecule has 1 atom stereocenters. The molecule has 110 valence electrons. The van der Waals surface area contributed by atoms with Crippen LogP contribution in [0.25, 0.3) is 0 Å². The molecule has 1 saturated carbocycles. The summed E-state index contributed by atoms with van der Waals surface area (Å²) >= 11 is 0. The smallest absolute Gasteiger partial charge is 0.308 e. The summed E-state index contributed by atoms with van der Waals surface area (Å²) in [6.45, 7) is 4.96. The van der Waals surface area contributed by atoms with Gasteiger partial charge in [0.25, 0.3) is 0 Å². The molecular weight excluding hydrogens is 242 g/mol. The number of carbonyl (C=O) groups excluding carboxylic acids is 1. The summed E-state index contributed by atoms with van der Waals surface area (Å²) in [7, 11) is 0. The van der Waals surface area contributed by atoms with Crippen LogP contribution < -0.4 is 0 Å². The highest BCUT2D eigenvalue weighted by Crippen LogP contribution is 2.43. The highest BCUT2D eigenvalue weighted by atomic mass is 16.5. The fourth-order valence-corrected chi connectivity index (χ4v) is 3.67. The predicted molar refractivity (Wildman–Crippen MR) is 73.8 cm³/mol. The van der Waals surface area contributed by atoms with Crippen molar-refractivity contribution < 1.29 is 14.6 Å². The normalized spacial score (nSPS) is 24.5. The summed E-state index contributed by atoms with van der Waals surface area (Å²) in [5.74, 6) is -0.290. The van der Waals surface area contributed by atoms with Gasteiger partial charge in [0.15, 0.2) is 0 Å². The van der Waals surface area contributed by atoms with Crippen molar-refractivity contribution in [3.8, 4) is 0 Å². The van der Waals surface area contributed by atoms with Gasteiger partial charge in [-0.2, -0.15) is 0 Å². The minimum absolute atomic E-state index is 0.122. The van der Waals surface area contributed by atoms with E-state index in [1.54, 1.807) is 6.92 Å². The summed E-state index contributed by atoms with van der Waals surface area (Å²) in [4.78, 5) is 13.7. The van der Waals surface area contributed by atoms with E-state index >= 15 is 0 Å². The van der Waals surface area contributed by atoms with Crippen molar-refractivity contribution in [1.29, 1.82) is 0 Å². The Morgan fingerprint density at radius 3 is 2.74 bits per heavy atom. The summed E-state index contributed by atoms with van der Waals surface area (Å²) in [5, 5.41) is 9.95. The number of aliphatic hydroxyl groups is 1. The van der Waals surface area contributed by atoms with Crippen molar-refractivity contribution in [2.24, 2.45) is 5.41 Å². The lowest BCUT2D eigenvalue weighted by Crippen LogP contribution is -2.35. The molecular formula is C15H27NO3. The number of likely N-dealkylation sites (tertiary alicyclic amines) is 1. The molecule has 2 rings (SSSR count). The van der Waals surface area contributed by atoms with E-state index in [-0.39, 0.29) is 12.4 Å². The maximum atomic E-state index is 11.3. The van der Waals surface area contributed by atoms with E-state index in [4.69, 9.17) is 4.74 Å². The Morgan fingerprint density at radius 1 is 1.32 bits per heavy atom. The van der Waals surface area contributed by atoms with Gasteiger partial charge in [-0.1, -0.05) is 19.3 Å². The number of nitrogens with zero attached hydrogens (tertiary/aromatic N) is 1. The second kappa shape index (κ2) is 6.71. The molecule has 2 fully saturated rings. The van der Waals surface area contributed by atoms with Crippen LogP contribution in [0.3, 0.4) is 0 Å². The monoisotopic (exact) mass is 269 g/mol. The van der Waals surface area contributed by atoms with Gasteiger partial charge >= 0.3 is 5.97 Å². The Morgan fingerprint density at radius 2 is 2.05 bits per heavy atom. The van der Waals surface area contributed by atoms with Gasteiger partial charge in [0.05, 0.1) is 19.1 Å². The van der Waals surface area contributed by atoms with E-state index in [9.17, 15) is 9.90 Å². The molecule has 2 aliphatic rings. The number of β-amino-alcohol motifs (C(OH)–C–C–N with tert-alkyl or cyclic N) is 1. The van der Waals surface area contributed by atoms with Gasteiger partial charge in [-0.05, 0) is 38.1 Å². The molecule has 4 heteroatoms. The first kappa shape index (κ1) is 14.8. The second-order valence-corrected chi connectivity index (χ2v) is 6.21. The SMILES string of the molecule is CCOC(=O)CC(O)CN1CCC2(CCCCC2)C1. The molecule has 4 nitrogen and oxygen atoms in total. The minimum Gasteiger partial charge on any atom is -0.466 e. The molecule has 1 heterocycles. The van der Waals surface area contributed by atoms with Crippen LogP contribution in [0.4, 0.5) is 0 Å². The number of aliphatic hydroxyl groups excluding tert-OH is 1. The van der Waals surface area contributed by atoms with E-state index < -0.39 is 6.10 Å². The van der Waals surface area contributed by atoms with Crippen LogP contribution >= 0.6 is 0 Å². The van der Waals surface area contributed by atoms with E-state index in [2.05, 4.69) is 4.90 Å². The quantitative estimate of drug-likeness (QED) is 0.775. The fourth-order valence-electron chi connectivity index (χ4n) is 3.67. The standard InChI is InChI=1S/C15H27NO3/c1-2-19-14(18)10-13(17)11-16-9-8-15(12-16)6-4-3-5-7-15/h13,17H,2-12H2,1H3. The first-order valence-electron chi connectivity index (χ1n) is 7.70. The van der Waals surface area contributed by atoms with Crippen LogP contribution in [-0.2, 0) is 9.53 Å². The molecule has 19 heavy (non-hydrogen) atoms. The lowest BCUT2D eigenvalue weighted by atomic mass is 9.73. The number of hydrogen-bond acceptors (Lipinski definition) is 4. The van der Waals surface area contributed by atoms with Gasteiger partial charge in [-0.15, -0.1) is 0 Å². The van der Waals surface area contributed by atoms with Gasteiger partial charge in [-0.25, -0.2) is 0 Å². The van der Waals surface area contributed by atoms with Crippen LogP contribution in [0.15, 0.2) is 0 Å². The highest BCUT2D eigenvalue weighted by Gasteiger charge is 2.39. The van der Waals surface area contributed by atoms with Gasteiger partial charge in [0, 0.05) is 13.1 Å². The molecule has 1 aliphatic heterocycles. The molecule has 0 aromatic rings. The lowest BCUT2D eigenvalue weighted by Gasteiger charge is -2.33. The number of ether oxygens (including phenoxy) is 1. The average Bonchev–Trinajstić information content (AvgIpc) is 2.73. The molecule has 0 amide bonds. The third-order valence-corrected chi connectivity index (χ3v) is 4.61. The molecule has 0 aromatic heterocycles. The van der Waals surface area contributed by atoms with Crippen LogP contribution in [0, 0.1) is 5.41 Å². The number of rotatable bonds is 5. The molecule has 1 spiro atoms. The van der Waals surface area contributed by atoms with Crippen molar-refractivity contribution in [1.82, 2.24) is 4.90 Å². The molecule has 1 N–H and O–H groups in total. The Hall–Kier alpha value is -0.610. The van der Waals surface area contributed by atoms with Crippen molar-refractivity contribution in [3.63, 3.8) is 0 Å². The minimum atomic E-state index is -0.585. The third kappa shape index (κ3) is 4.18. The van der Waals surface area contributed by atoms with Gasteiger partial charge < -0.3 is 14.7 Å². The van der Waals surface area contributed by atoms with E-state index in [1.165, 1.54) is 38.5 Å². The molecule has 0 radical (unpaired) electrons. The molecule has 1 aliphatic carbocycles. The largest absolute Gasteiger partial charge is 0.466 e. The van der Waals surface area contributed by atoms with E-state index in [0.717, 1.165) is 13.1 Å². The first-order chi connectivity index (χ1) is 9.13. The second-order valence-electron chi connectivity index (χ2n) is 6.21. The van der Waals surface area contributed by atoms with Gasteiger partial charge in [0.1, 0.15) is 0 Å². The first-order valence-corrected chi connectivity index (χ1v) is 7.70. The zero-order chi connectivity index (χ0) is 13.7. The summed E-state index contributed by atoms with van der Waals surface area (Å²) in [6, 6.07) is 0. The van der Waals surface area contributed by atoms with Gasteiger partial charge in [0.2, 0.25) is 0 Å². The summed E-state index contributed by atoms with van der Waals surface area (Å²) < 4.78 is 4.87. The van der Waals surface area contributed by atoms with Gasteiger partial charge in [-0.3, -0.25) is 4.79 Å².